The van der Waals surface area contributed by atoms with Crippen LogP contribution in [0.3, 0.4) is 0 Å². The topological polar surface area (TPSA) is 76.1 Å². The second-order valence-corrected chi connectivity index (χ2v) is 6.74. The lowest BCUT2D eigenvalue weighted by molar-refractivity contribution is -0.121. The molecule has 2 rings (SSSR count). The lowest BCUT2D eigenvalue weighted by atomic mass is 10.2. The van der Waals surface area contributed by atoms with E-state index in [9.17, 15) is 9.59 Å². The predicted molar refractivity (Wildman–Crippen MR) is 101 cm³/mol. The number of aromatic nitrogens is 2. The van der Waals surface area contributed by atoms with Crippen molar-refractivity contribution < 1.29 is 9.53 Å². The number of benzene rings is 1. The summed E-state index contributed by atoms with van der Waals surface area (Å²) in [6, 6.07) is 7.20. The van der Waals surface area contributed by atoms with Crippen LogP contribution in [0.5, 0.6) is 0 Å². The Hall–Kier alpha value is -1.99. The van der Waals surface area contributed by atoms with Crippen LogP contribution in [0.1, 0.15) is 26.7 Å². The van der Waals surface area contributed by atoms with E-state index in [0.717, 1.165) is 13.0 Å². The minimum atomic E-state index is -0.172. The van der Waals surface area contributed by atoms with Crippen molar-refractivity contribution in [3.05, 3.63) is 39.4 Å². The van der Waals surface area contributed by atoms with Crippen LogP contribution in [0.2, 0.25) is 0 Å². The molecule has 25 heavy (non-hydrogen) atoms. The monoisotopic (exact) mass is 363 g/mol. The molecule has 0 aliphatic rings. The number of H-pyrrole nitrogens is 1. The second-order valence-electron chi connectivity index (χ2n) is 6.35. The molecular weight excluding hydrogens is 338 g/mol. The largest absolute Gasteiger partial charge is 0.381 e. The number of para-hydroxylation sites is 1. The quantitative estimate of drug-likeness (QED) is 0.530. The third kappa shape index (κ3) is 5.79. The number of ether oxygens (including phenoxy) is 1. The van der Waals surface area contributed by atoms with Crippen LogP contribution in [0, 0.1) is 10.7 Å². The van der Waals surface area contributed by atoms with Crippen molar-refractivity contribution in [1.82, 2.24) is 14.9 Å². The third-order valence-electron chi connectivity index (χ3n) is 3.69. The Labute approximate surface area is 152 Å². The van der Waals surface area contributed by atoms with Gasteiger partial charge in [-0.2, -0.15) is 0 Å². The van der Waals surface area contributed by atoms with Crippen LogP contribution >= 0.6 is 12.2 Å². The zero-order valence-corrected chi connectivity index (χ0v) is 15.5. The van der Waals surface area contributed by atoms with Gasteiger partial charge in [-0.1, -0.05) is 26.0 Å². The number of fused-ring (bicyclic) bond motifs is 1. The molecule has 1 aromatic carbocycles. The maximum Gasteiger partial charge on any atom is 0.262 e. The number of aromatic amines is 1. The van der Waals surface area contributed by atoms with Gasteiger partial charge in [0.05, 0.1) is 10.9 Å². The molecule has 0 aliphatic heterocycles. The first-order chi connectivity index (χ1) is 12.0. The van der Waals surface area contributed by atoms with E-state index in [1.807, 2.05) is 12.1 Å². The molecule has 0 aliphatic carbocycles. The fourth-order valence-corrected chi connectivity index (χ4v) is 2.71. The van der Waals surface area contributed by atoms with Crippen molar-refractivity contribution in [2.75, 3.05) is 19.8 Å². The van der Waals surface area contributed by atoms with E-state index in [-0.39, 0.29) is 24.4 Å². The molecule has 7 heteroatoms. The molecule has 1 heterocycles. The molecule has 6 nitrogen and oxygen atoms in total. The van der Waals surface area contributed by atoms with Crippen molar-refractivity contribution in [3.8, 4) is 0 Å². The molecule has 0 spiro atoms. The number of amides is 1. The van der Waals surface area contributed by atoms with E-state index < -0.39 is 0 Å². The molecule has 0 saturated carbocycles. The fourth-order valence-electron chi connectivity index (χ4n) is 2.42. The first-order valence-corrected chi connectivity index (χ1v) is 8.96. The minimum Gasteiger partial charge on any atom is -0.381 e. The van der Waals surface area contributed by atoms with Gasteiger partial charge in [0.25, 0.3) is 5.56 Å². The lowest BCUT2D eigenvalue weighted by Gasteiger charge is -2.09. The zero-order valence-electron chi connectivity index (χ0n) is 14.7. The van der Waals surface area contributed by atoms with Gasteiger partial charge in [0.1, 0.15) is 0 Å². The molecule has 2 aromatic rings. The third-order valence-corrected chi connectivity index (χ3v) is 4.01. The highest BCUT2D eigenvalue weighted by molar-refractivity contribution is 7.71. The van der Waals surface area contributed by atoms with Crippen LogP contribution in [-0.4, -0.2) is 35.2 Å². The van der Waals surface area contributed by atoms with Crippen LogP contribution in [0.4, 0.5) is 0 Å². The van der Waals surface area contributed by atoms with Gasteiger partial charge in [0.2, 0.25) is 5.91 Å². The van der Waals surface area contributed by atoms with Gasteiger partial charge in [0.15, 0.2) is 4.77 Å². The Morgan fingerprint density at radius 3 is 2.88 bits per heavy atom. The van der Waals surface area contributed by atoms with E-state index in [2.05, 4.69) is 24.1 Å². The number of hydrogen-bond acceptors (Lipinski definition) is 4. The molecular formula is C18H25N3O3S. The standard InChI is InChI=1S/C18H25N3O3S/c1-13(2)12-24-11-5-9-19-16(22)8-10-21-17(23)14-6-3-4-7-15(14)20-18(21)25/h3-4,6-7,13H,5,8-12H2,1-2H3,(H,19,22)(H,20,25). The highest BCUT2D eigenvalue weighted by Crippen LogP contribution is 2.06. The van der Waals surface area contributed by atoms with Crippen molar-refractivity contribution >= 4 is 29.0 Å². The van der Waals surface area contributed by atoms with E-state index in [1.54, 1.807) is 12.1 Å². The molecule has 1 aromatic heterocycles. The second kappa shape index (κ2) is 9.48. The number of rotatable bonds is 9. The molecule has 0 fully saturated rings. The highest BCUT2D eigenvalue weighted by atomic mass is 32.1. The van der Waals surface area contributed by atoms with Gasteiger partial charge in [-0.25, -0.2) is 0 Å². The molecule has 0 unspecified atom stereocenters. The summed E-state index contributed by atoms with van der Waals surface area (Å²) in [5, 5.41) is 3.41. The number of nitrogens with zero attached hydrogens (tertiary/aromatic N) is 1. The van der Waals surface area contributed by atoms with Crippen LogP contribution < -0.4 is 10.9 Å². The average Bonchev–Trinajstić information content (AvgIpc) is 2.57. The number of nitrogens with one attached hydrogen (secondary N) is 2. The van der Waals surface area contributed by atoms with Crippen molar-refractivity contribution in [3.63, 3.8) is 0 Å². The molecule has 136 valence electrons. The van der Waals surface area contributed by atoms with Crippen LogP contribution in [-0.2, 0) is 16.1 Å². The fraction of sp³-hybridized carbons (Fsp3) is 0.500. The molecule has 0 radical (unpaired) electrons. The molecule has 0 saturated heterocycles. The number of carbonyl (C=O) groups is 1. The maximum absolute atomic E-state index is 12.5. The number of hydrogen-bond donors (Lipinski definition) is 2. The summed E-state index contributed by atoms with van der Waals surface area (Å²) in [5.74, 6) is 0.414. The molecule has 0 bridgehead atoms. The van der Waals surface area contributed by atoms with Gasteiger partial charge < -0.3 is 15.0 Å². The molecule has 1 amide bonds. The minimum absolute atomic E-state index is 0.0988. The predicted octanol–water partition coefficient (Wildman–Crippen LogP) is 2.63. The molecule has 2 N–H and O–H groups in total. The van der Waals surface area contributed by atoms with Crippen LogP contribution in [0.15, 0.2) is 29.1 Å². The SMILES string of the molecule is CC(C)COCCCNC(=O)CCn1c(=S)[nH]c2ccccc2c1=O. The summed E-state index contributed by atoms with van der Waals surface area (Å²) in [7, 11) is 0. The van der Waals surface area contributed by atoms with E-state index in [4.69, 9.17) is 17.0 Å². The van der Waals surface area contributed by atoms with Gasteiger partial charge in [-0.3, -0.25) is 14.2 Å². The van der Waals surface area contributed by atoms with E-state index in [1.165, 1.54) is 4.57 Å². The van der Waals surface area contributed by atoms with Gasteiger partial charge in [-0.15, -0.1) is 0 Å². The molecule has 0 atom stereocenters. The summed E-state index contributed by atoms with van der Waals surface area (Å²) in [6.45, 7) is 6.39. The maximum atomic E-state index is 12.5. The summed E-state index contributed by atoms with van der Waals surface area (Å²) < 4.78 is 7.23. The summed E-state index contributed by atoms with van der Waals surface area (Å²) in [6.07, 6.45) is 0.983. The first kappa shape index (κ1) is 19.3. The normalized spacial score (nSPS) is 11.2. The van der Waals surface area contributed by atoms with Crippen molar-refractivity contribution in [2.45, 2.75) is 33.2 Å². The summed E-state index contributed by atoms with van der Waals surface area (Å²) >= 11 is 5.23. The van der Waals surface area contributed by atoms with E-state index >= 15 is 0 Å². The summed E-state index contributed by atoms with van der Waals surface area (Å²) in [4.78, 5) is 27.4. The van der Waals surface area contributed by atoms with Gasteiger partial charge in [-0.05, 0) is 36.7 Å². The highest BCUT2D eigenvalue weighted by Gasteiger charge is 2.07. The Morgan fingerprint density at radius 1 is 1.36 bits per heavy atom. The smallest absolute Gasteiger partial charge is 0.262 e. The Kier molecular flexibility index (Phi) is 7.33. The van der Waals surface area contributed by atoms with Gasteiger partial charge >= 0.3 is 0 Å². The average molecular weight is 363 g/mol. The summed E-state index contributed by atoms with van der Waals surface area (Å²) in [5.41, 5.74) is 0.536. The zero-order chi connectivity index (χ0) is 18.2. The van der Waals surface area contributed by atoms with Crippen LogP contribution in [0.25, 0.3) is 10.9 Å². The Bertz CT molecular complexity index is 826. The Balaban J connectivity index is 1.83. The van der Waals surface area contributed by atoms with Gasteiger partial charge in [0, 0.05) is 32.7 Å². The van der Waals surface area contributed by atoms with Crippen molar-refractivity contribution in [2.24, 2.45) is 5.92 Å². The number of carbonyl (C=O) groups excluding carboxylic acids is 1. The lowest BCUT2D eigenvalue weighted by Crippen LogP contribution is -2.29. The van der Waals surface area contributed by atoms with E-state index in [0.29, 0.717) is 34.7 Å². The van der Waals surface area contributed by atoms with Crippen molar-refractivity contribution in [1.29, 1.82) is 0 Å². The first-order valence-electron chi connectivity index (χ1n) is 8.55. The Morgan fingerprint density at radius 2 is 2.12 bits per heavy atom.